The molecule has 4 atom stereocenters. The van der Waals surface area contributed by atoms with Gasteiger partial charge >= 0.3 is 0 Å². The first-order chi connectivity index (χ1) is 6.16. The monoisotopic (exact) mass is 190 g/mol. The molecule has 0 aliphatic carbocycles. The van der Waals surface area contributed by atoms with Gasteiger partial charge in [0.25, 0.3) is 0 Å². The number of rotatable bonds is 3. The summed E-state index contributed by atoms with van der Waals surface area (Å²) in [5, 5.41) is 18.8. The maximum absolute atomic E-state index is 9.51. The molecule has 4 heteroatoms. The fourth-order valence-corrected chi connectivity index (χ4v) is 1.39. The maximum Gasteiger partial charge on any atom is 0.162 e. The van der Waals surface area contributed by atoms with E-state index in [9.17, 15) is 10.2 Å². The summed E-state index contributed by atoms with van der Waals surface area (Å²) in [5.41, 5.74) is 0. The Morgan fingerprint density at radius 2 is 2.15 bits per heavy atom. The Balaban J connectivity index is 2.39. The van der Waals surface area contributed by atoms with E-state index in [1.807, 2.05) is 13.8 Å². The van der Waals surface area contributed by atoms with E-state index in [1.165, 1.54) is 0 Å². The first kappa shape index (κ1) is 10.9. The van der Waals surface area contributed by atoms with Crippen LogP contribution in [0, 0.1) is 5.92 Å². The number of aliphatic hydroxyl groups excluding tert-OH is 2. The third-order valence-corrected chi connectivity index (χ3v) is 2.28. The summed E-state index contributed by atoms with van der Waals surface area (Å²) in [6.45, 7) is 4.60. The molecule has 0 amide bonds. The summed E-state index contributed by atoms with van der Waals surface area (Å²) in [5.74, 6) is -0.171. The van der Waals surface area contributed by atoms with Crippen molar-refractivity contribution in [3.8, 4) is 0 Å². The van der Waals surface area contributed by atoms with Gasteiger partial charge in [-0.3, -0.25) is 0 Å². The van der Waals surface area contributed by atoms with Crippen molar-refractivity contribution < 1.29 is 19.7 Å². The number of ether oxygens (including phenoxy) is 2. The van der Waals surface area contributed by atoms with Gasteiger partial charge < -0.3 is 19.7 Å². The van der Waals surface area contributed by atoms with Crippen molar-refractivity contribution in [1.29, 1.82) is 0 Å². The molecule has 1 aliphatic rings. The van der Waals surface area contributed by atoms with Crippen LogP contribution in [0.15, 0.2) is 0 Å². The molecule has 78 valence electrons. The first-order valence-electron chi connectivity index (χ1n) is 4.76. The van der Waals surface area contributed by atoms with E-state index in [2.05, 4.69) is 0 Å². The van der Waals surface area contributed by atoms with E-state index >= 15 is 0 Å². The highest BCUT2D eigenvalue weighted by molar-refractivity contribution is 4.79. The third kappa shape index (κ3) is 2.64. The van der Waals surface area contributed by atoms with Crippen LogP contribution < -0.4 is 0 Å². The van der Waals surface area contributed by atoms with Gasteiger partial charge in [-0.05, 0) is 6.42 Å². The molecule has 1 fully saturated rings. The molecule has 0 aromatic carbocycles. The summed E-state index contributed by atoms with van der Waals surface area (Å²) in [6.07, 6.45) is -0.976. The summed E-state index contributed by atoms with van der Waals surface area (Å²) >= 11 is 0. The second-order valence-electron chi connectivity index (χ2n) is 3.49. The van der Waals surface area contributed by atoms with Crippen molar-refractivity contribution in [2.24, 2.45) is 5.92 Å². The van der Waals surface area contributed by atoms with Gasteiger partial charge in [-0.15, -0.1) is 0 Å². The van der Waals surface area contributed by atoms with Gasteiger partial charge in [0.1, 0.15) is 6.10 Å². The van der Waals surface area contributed by atoms with Crippen LogP contribution in [0.4, 0.5) is 0 Å². The summed E-state index contributed by atoms with van der Waals surface area (Å²) in [7, 11) is 0. The molecule has 0 bridgehead atoms. The predicted molar refractivity (Wildman–Crippen MR) is 47.2 cm³/mol. The smallest absolute Gasteiger partial charge is 0.162 e. The van der Waals surface area contributed by atoms with Gasteiger partial charge in [0.2, 0.25) is 0 Å². The Kier molecular flexibility index (Phi) is 4.12. The molecule has 13 heavy (non-hydrogen) atoms. The molecular formula is C9H18O4. The number of hydrogen-bond donors (Lipinski definition) is 2. The highest BCUT2D eigenvalue weighted by Gasteiger charge is 2.35. The number of hydrogen-bond acceptors (Lipinski definition) is 4. The van der Waals surface area contributed by atoms with Gasteiger partial charge in [-0.2, -0.15) is 0 Å². The molecule has 0 saturated carbocycles. The lowest BCUT2D eigenvalue weighted by molar-refractivity contribution is -0.246. The lowest BCUT2D eigenvalue weighted by Crippen LogP contribution is -2.48. The topological polar surface area (TPSA) is 58.9 Å². The lowest BCUT2D eigenvalue weighted by Gasteiger charge is -2.35. The molecule has 0 aromatic rings. The van der Waals surface area contributed by atoms with Crippen molar-refractivity contribution in [2.75, 3.05) is 13.2 Å². The van der Waals surface area contributed by atoms with Crippen molar-refractivity contribution in [3.63, 3.8) is 0 Å². The van der Waals surface area contributed by atoms with E-state index in [4.69, 9.17) is 9.47 Å². The highest BCUT2D eigenvalue weighted by Crippen LogP contribution is 2.22. The van der Waals surface area contributed by atoms with Crippen LogP contribution in [0.2, 0.25) is 0 Å². The zero-order valence-electron chi connectivity index (χ0n) is 8.14. The molecule has 0 radical (unpaired) electrons. The summed E-state index contributed by atoms with van der Waals surface area (Å²) in [6, 6.07) is 0. The van der Waals surface area contributed by atoms with Gasteiger partial charge in [0.05, 0.1) is 12.7 Å². The number of aliphatic hydroxyl groups is 2. The Morgan fingerprint density at radius 3 is 2.77 bits per heavy atom. The van der Waals surface area contributed by atoms with Gasteiger partial charge in [0.15, 0.2) is 6.29 Å². The van der Waals surface area contributed by atoms with Crippen molar-refractivity contribution >= 4 is 0 Å². The van der Waals surface area contributed by atoms with Crippen molar-refractivity contribution in [1.82, 2.24) is 0 Å². The minimum atomic E-state index is -0.781. The van der Waals surface area contributed by atoms with Crippen LogP contribution >= 0.6 is 0 Å². The summed E-state index contributed by atoms with van der Waals surface area (Å²) < 4.78 is 10.6. The van der Waals surface area contributed by atoms with E-state index < -0.39 is 12.2 Å². The Hall–Kier alpha value is -0.160. The van der Waals surface area contributed by atoms with Gasteiger partial charge in [-0.25, -0.2) is 0 Å². The fraction of sp³-hybridized carbons (Fsp3) is 1.00. The minimum Gasteiger partial charge on any atom is -0.390 e. The zero-order chi connectivity index (χ0) is 9.84. The molecule has 1 heterocycles. The molecule has 0 aromatic heterocycles. The Labute approximate surface area is 78.5 Å². The van der Waals surface area contributed by atoms with Crippen LogP contribution in [0.1, 0.15) is 20.3 Å². The largest absolute Gasteiger partial charge is 0.390 e. The highest BCUT2D eigenvalue weighted by atomic mass is 16.7. The van der Waals surface area contributed by atoms with E-state index in [0.29, 0.717) is 6.61 Å². The average molecular weight is 190 g/mol. The van der Waals surface area contributed by atoms with E-state index in [1.54, 1.807) is 0 Å². The average Bonchev–Trinajstić information content (AvgIpc) is 2.13. The SMILES string of the molecule is CCCO[C@@H]1OC[C@@H](O)[C@@H](O)[C@@H]1C. The van der Waals surface area contributed by atoms with Gasteiger partial charge in [0, 0.05) is 12.5 Å². The molecule has 1 saturated heterocycles. The normalized spacial score (nSPS) is 40.6. The lowest BCUT2D eigenvalue weighted by atomic mass is 9.97. The third-order valence-electron chi connectivity index (χ3n) is 2.28. The second kappa shape index (κ2) is 4.91. The van der Waals surface area contributed by atoms with Crippen LogP contribution in [0.5, 0.6) is 0 Å². The zero-order valence-corrected chi connectivity index (χ0v) is 8.14. The fourth-order valence-electron chi connectivity index (χ4n) is 1.39. The van der Waals surface area contributed by atoms with E-state index in [-0.39, 0.29) is 18.8 Å². The van der Waals surface area contributed by atoms with Crippen molar-refractivity contribution in [2.45, 2.75) is 38.8 Å². The van der Waals surface area contributed by atoms with E-state index in [0.717, 1.165) is 6.42 Å². The molecular weight excluding hydrogens is 172 g/mol. The first-order valence-corrected chi connectivity index (χ1v) is 4.76. The van der Waals surface area contributed by atoms with Crippen LogP contribution in [0.3, 0.4) is 0 Å². The van der Waals surface area contributed by atoms with Gasteiger partial charge in [-0.1, -0.05) is 13.8 Å². The molecule has 0 spiro atoms. The second-order valence-corrected chi connectivity index (χ2v) is 3.49. The summed E-state index contributed by atoms with van der Waals surface area (Å²) in [4.78, 5) is 0. The molecule has 1 rings (SSSR count). The van der Waals surface area contributed by atoms with Crippen molar-refractivity contribution in [3.05, 3.63) is 0 Å². The molecule has 0 unspecified atom stereocenters. The standard InChI is InChI=1S/C9H18O4/c1-3-4-12-9-6(2)8(11)7(10)5-13-9/h6-11H,3-5H2,1-2H3/t6-,7+,8-,9+/m0/s1. The Bertz CT molecular complexity index is 149. The molecule has 4 nitrogen and oxygen atoms in total. The van der Waals surface area contributed by atoms with Crippen LogP contribution in [-0.2, 0) is 9.47 Å². The Morgan fingerprint density at radius 1 is 1.46 bits per heavy atom. The van der Waals surface area contributed by atoms with Crippen LogP contribution in [0.25, 0.3) is 0 Å². The quantitative estimate of drug-likeness (QED) is 0.664. The predicted octanol–water partition coefficient (Wildman–Crippen LogP) is 0.127. The maximum atomic E-state index is 9.51. The minimum absolute atomic E-state index is 0.153. The molecule has 1 aliphatic heterocycles. The van der Waals surface area contributed by atoms with Crippen LogP contribution in [-0.4, -0.2) is 41.9 Å². The molecule has 2 N–H and O–H groups in total.